The summed E-state index contributed by atoms with van der Waals surface area (Å²) in [5.41, 5.74) is 2.36. The van der Waals surface area contributed by atoms with Gasteiger partial charge in [-0.15, -0.1) is 0 Å². The van der Waals surface area contributed by atoms with Crippen LogP contribution in [0.15, 0.2) is 42.5 Å². The Morgan fingerprint density at radius 1 is 1.17 bits per heavy atom. The van der Waals surface area contributed by atoms with Gasteiger partial charge < -0.3 is 19.8 Å². The van der Waals surface area contributed by atoms with Crippen LogP contribution in [-0.2, 0) is 26.5 Å². The van der Waals surface area contributed by atoms with E-state index in [-0.39, 0.29) is 5.82 Å². The van der Waals surface area contributed by atoms with E-state index in [1.807, 2.05) is 32.3 Å². The number of carboxylic acid groups (broad SMARTS) is 2. The SMILES string of the molecule is CN(C)CCC[C@@]1(c2ccccc2F)OCc2cc(C#N)ccc21.O=C(O)C(=O)O. The summed E-state index contributed by atoms with van der Waals surface area (Å²) in [6.07, 6.45) is 1.59. The van der Waals surface area contributed by atoms with Crippen molar-refractivity contribution in [1.82, 2.24) is 4.90 Å². The quantitative estimate of drug-likeness (QED) is 0.724. The maximum absolute atomic E-state index is 14.6. The third-order valence-electron chi connectivity index (χ3n) is 4.77. The van der Waals surface area contributed by atoms with Crippen LogP contribution in [0.2, 0.25) is 0 Å². The van der Waals surface area contributed by atoms with E-state index < -0.39 is 17.5 Å². The molecule has 0 unspecified atom stereocenters. The van der Waals surface area contributed by atoms with Gasteiger partial charge in [0, 0.05) is 5.56 Å². The molecule has 1 aliphatic rings. The predicted molar refractivity (Wildman–Crippen MR) is 106 cm³/mol. The molecular formula is C22H23FN2O5. The second kappa shape index (κ2) is 9.96. The zero-order chi connectivity index (χ0) is 22.3. The molecule has 3 rings (SSSR count). The zero-order valence-electron chi connectivity index (χ0n) is 16.8. The Balaban J connectivity index is 0.000000469. The van der Waals surface area contributed by atoms with Gasteiger partial charge in [-0.3, -0.25) is 0 Å². The number of carboxylic acids is 2. The van der Waals surface area contributed by atoms with Gasteiger partial charge in [-0.1, -0.05) is 24.3 Å². The van der Waals surface area contributed by atoms with Crippen molar-refractivity contribution in [2.75, 3.05) is 20.6 Å². The highest BCUT2D eigenvalue weighted by Gasteiger charge is 2.43. The number of carbonyl (C=O) groups is 2. The number of benzene rings is 2. The number of aliphatic carboxylic acids is 2. The van der Waals surface area contributed by atoms with Crippen LogP contribution in [0.25, 0.3) is 0 Å². The first kappa shape index (κ1) is 23.0. The van der Waals surface area contributed by atoms with Crippen LogP contribution in [0.1, 0.15) is 35.1 Å². The van der Waals surface area contributed by atoms with E-state index in [0.717, 1.165) is 24.1 Å². The van der Waals surface area contributed by atoms with E-state index in [1.165, 1.54) is 6.07 Å². The van der Waals surface area contributed by atoms with Crippen molar-refractivity contribution in [3.63, 3.8) is 0 Å². The molecule has 1 heterocycles. The lowest BCUT2D eigenvalue weighted by atomic mass is 9.81. The second-order valence-corrected chi connectivity index (χ2v) is 7.10. The Labute approximate surface area is 173 Å². The molecule has 158 valence electrons. The first-order valence-electron chi connectivity index (χ1n) is 9.24. The van der Waals surface area contributed by atoms with Crippen LogP contribution in [0.4, 0.5) is 4.39 Å². The minimum atomic E-state index is -1.82. The molecule has 8 heteroatoms. The van der Waals surface area contributed by atoms with E-state index in [9.17, 15) is 4.39 Å². The summed E-state index contributed by atoms with van der Waals surface area (Å²) in [6, 6.07) is 14.5. The molecule has 0 aliphatic carbocycles. The van der Waals surface area contributed by atoms with Crippen LogP contribution in [0.3, 0.4) is 0 Å². The summed E-state index contributed by atoms with van der Waals surface area (Å²) in [5.74, 6) is -3.90. The number of fused-ring (bicyclic) bond motifs is 1. The summed E-state index contributed by atoms with van der Waals surface area (Å²) >= 11 is 0. The molecule has 2 N–H and O–H groups in total. The highest BCUT2D eigenvalue weighted by molar-refractivity contribution is 6.27. The van der Waals surface area contributed by atoms with E-state index in [1.54, 1.807) is 18.2 Å². The minimum absolute atomic E-state index is 0.250. The summed E-state index contributed by atoms with van der Waals surface area (Å²) in [4.78, 5) is 20.3. The van der Waals surface area contributed by atoms with Gasteiger partial charge in [0.25, 0.3) is 0 Å². The molecule has 30 heavy (non-hydrogen) atoms. The number of hydrogen-bond acceptors (Lipinski definition) is 5. The van der Waals surface area contributed by atoms with E-state index in [0.29, 0.717) is 24.2 Å². The molecule has 7 nitrogen and oxygen atoms in total. The number of halogens is 1. The lowest BCUT2D eigenvalue weighted by Gasteiger charge is -2.31. The third-order valence-corrected chi connectivity index (χ3v) is 4.77. The number of rotatable bonds is 5. The van der Waals surface area contributed by atoms with Crippen molar-refractivity contribution >= 4 is 11.9 Å². The Morgan fingerprint density at radius 3 is 2.40 bits per heavy atom. The fraction of sp³-hybridized carbons (Fsp3) is 0.318. The maximum atomic E-state index is 14.6. The molecule has 0 bridgehead atoms. The highest BCUT2D eigenvalue weighted by Crippen LogP contribution is 2.46. The third kappa shape index (κ3) is 5.20. The molecule has 0 fully saturated rings. The number of hydrogen-bond donors (Lipinski definition) is 2. The number of nitriles is 1. The van der Waals surface area contributed by atoms with Crippen LogP contribution >= 0.6 is 0 Å². The van der Waals surface area contributed by atoms with E-state index in [4.69, 9.17) is 29.8 Å². The molecule has 2 aromatic carbocycles. The average Bonchev–Trinajstić information content (AvgIpc) is 3.07. The van der Waals surface area contributed by atoms with Crippen molar-refractivity contribution in [3.05, 3.63) is 70.5 Å². The molecule has 0 saturated heterocycles. The molecular weight excluding hydrogens is 391 g/mol. The monoisotopic (exact) mass is 414 g/mol. The van der Waals surface area contributed by atoms with Gasteiger partial charge in [0.2, 0.25) is 0 Å². The highest BCUT2D eigenvalue weighted by atomic mass is 19.1. The Hall–Kier alpha value is -3.28. The lowest BCUT2D eigenvalue weighted by molar-refractivity contribution is -0.159. The van der Waals surface area contributed by atoms with E-state index >= 15 is 0 Å². The fourth-order valence-corrected chi connectivity index (χ4v) is 3.45. The number of ether oxygens (including phenoxy) is 1. The summed E-state index contributed by atoms with van der Waals surface area (Å²) in [7, 11) is 4.05. The zero-order valence-corrected chi connectivity index (χ0v) is 16.8. The van der Waals surface area contributed by atoms with Crippen molar-refractivity contribution in [2.45, 2.75) is 25.0 Å². The average molecular weight is 414 g/mol. The molecule has 1 aliphatic heterocycles. The Bertz CT molecular complexity index is 958. The van der Waals surface area contributed by atoms with Gasteiger partial charge in [-0.2, -0.15) is 5.26 Å². The largest absolute Gasteiger partial charge is 0.473 e. The Morgan fingerprint density at radius 2 is 1.83 bits per heavy atom. The molecule has 0 saturated carbocycles. The summed E-state index contributed by atoms with van der Waals surface area (Å²) in [5, 5.41) is 23.9. The van der Waals surface area contributed by atoms with Crippen molar-refractivity contribution in [1.29, 1.82) is 5.26 Å². The standard InChI is InChI=1S/C20H21FN2O.C2H2O4/c1-23(2)11-5-10-20(18-6-3-4-7-19(18)21)17-9-8-15(13-22)12-16(17)14-24-20;3-1(4)2(5)6/h3-4,6-9,12H,5,10-11,14H2,1-2H3;(H,3,4)(H,5,6)/t20-;/m1./s1. The fourth-order valence-electron chi connectivity index (χ4n) is 3.45. The van der Waals surface area contributed by atoms with Gasteiger partial charge in [-0.05, 0) is 62.8 Å². The first-order chi connectivity index (χ1) is 14.2. The molecule has 0 radical (unpaired) electrons. The first-order valence-corrected chi connectivity index (χ1v) is 9.24. The molecule has 1 atom stereocenters. The molecule has 0 spiro atoms. The second-order valence-electron chi connectivity index (χ2n) is 7.10. The predicted octanol–water partition coefficient (Wildman–Crippen LogP) is 2.97. The van der Waals surface area contributed by atoms with E-state index in [2.05, 4.69) is 11.0 Å². The number of nitrogens with zero attached hydrogens (tertiary/aromatic N) is 2. The molecule has 0 amide bonds. The van der Waals surface area contributed by atoms with Crippen LogP contribution in [0.5, 0.6) is 0 Å². The lowest BCUT2D eigenvalue weighted by Crippen LogP contribution is -2.29. The minimum Gasteiger partial charge on any atom is -0.473 e. The van der Waals surface area contributed by atoms with Gasteiger partial charge in [0.15, 0.2) is 0 Å². The molecule has 2 aromatic rings. The topological polar surface area (TPSA) is 111 Å². The van der Waals surface area contributed by atoms with Crippen LogP contribution in [-0.4, -0.2) is 47.7 Å². The molecule has 0 aromatic heterocycles. The van der Waals surface area contributed by atoms with Gasteiger partial charge in [-0.25, -0.2) is 14.0 Å². The van der Waals surface area contributed by atoms with Crippen molar-refractivity contribution < 1.29 is 28.9 Å². The van der Waals surface area contributed by atoms with Crippen LogP contribution in [0, 0.1) is 17.1 Å². The van der Waals surface area contributed by atoms with Crippen LogP contribution < -0.4 is 0 Å². The van der Waals surface area contributed by atoms with Crippen molar-refractivity contribution in [3.8, 4) is 6.07 Å². The van der Waals surface area contributed by atoms with Gasteiger partial charge >= 0.3 is 11.9 Å². The van der Waals surface area contributed by atoms with Gasteiger partial charge in [0.05, 0.1) is 18.2 Å². The normalized spacial score (nSPS) is 16.9. The van der Waals surface area contributed by atoms with Gasteiger partial charge in [0.1, 0.15) is 11.4 Å². The van der Waals surface area contributed by atoms with Crippen molar-refractivity contribution in [2.24, 2.45) is 0 Å². The summed E-state index contributed by atoms with van der Waals surface area (Å²) < 4.78 is 20.8. The Kier molecular flexibility index (Phi) is 7.64. The summed E-state index contributed by atoms with van der Waals surface area (Å²) in [6.45, 7) is 1.31. The smallest absolute Gasteiger partial charge is 0.414 e. The maximum Gasteiger partial charge on any atom is 0.414 e.